The number of rotatable bonds is 4. The summed E-state index contributed by atoms with van der Waals surface area (Å²) < 4.78 is 5.67. The molecule has 2 amide bonds. The second-order valence-corrected chi connectivity index (χ2v) is 6.80. The van der Waals surface area contributed by atoms with Gasteiger partial charge >= 0.3 is 0 Å². The Morgan fingerprint density at radius 3 is 2.39 bits per heavy atom. The van der Waals surface area contributed by atoms with Crippen molar-refractivity contribution >= 4 is 62.4 Å². The van der Waals surface area contributed by atoms with Crippen LogP contribution in [0.2, 0.25) is 5.02 Å². The highest BCUT2D eigenvalue weighted by molar-refractivity contribution is 9.10. The highest BCUT2D eigenvalue weighted by atomic mass is 79.9. The molecule has 0 aromatic heterocycles. The van der Waals surface area contributed by atoms with Crippen molar-refractivity contribution in [3.05, 3.63) is 67.1 Å². The number of thiocarbonyl (C=S) groups is 1. The summed E-state index contributed by atoms with van der Waals surface area (Å²) in [5.74, 6) is -0.662. The number of nitrogens with zero attached hydrogens (tertiary/aromatic N) is 1. The van der Waals surface area contributed by atoms with Crippen LogP contribution in [0.3, 0.4) is 0 Å². The number of hydrogen-bond acceptors (Lipinski definition) is 6. The number of nitrogens with one attached hydrogen (secondary N) is 3. The van der Waals surface area contributed by atoms with E-state index in [0.717, 1.165) is 6.07 Å². The zero-order chi connectivity index (χ0) is 20.8. The van der Waals surface area contributed by atoms with Gasteiger partial charge in [0.05, 0.1) is 16.5 Å². The zero-order valence-electron chi connectivity index (χ0n) is 14.1. The smallest absolute Gasteiger partial charge is 0.288 e. The minimum Gasteiger partial charge on any atom is -0.496 e. The molecule has 2 aromatic rings. The molecule has 12 heteroatoms. The van der Waals surface area contributed by atoms with Gasteiger partial charge in [-0.2, -0.15) is 0 Å². The molecule has 28 heavy (non-hydrogen) atoms. The van der Waals surface area contributed by atoms with E-state index in [9.17, 15) is 19.7 Å². The molecule has 0 spiro atoms. The maximum Gasteiger partial charge on any atom is 0.288 e. The van der Waals surface area contributed by atoms with Gasteiger partial charge in [-0.15, -0.1) is 0 Å². The molecule has 0 heterocycles. The van der Waals surface area contributed by atoms with E-state index in [1.165, 1.54) is 25.3 Å². The molecule has 0 aliphatic rings. The fourth-order valence-corrected chi connectivity index (χ4v) is 2.86. The molecule has 2 aromatic carbocycles. The van der Waals surface area contributed by atoms with Gasteiger partial charge in [0.25, 0.3) is 17.5 Å². The molecule has 146 valence electrons. The molecule has 0 saturated heterocycles. The number of methoxy groups -OCH3 is 1. The fraction of sp³-hybridized carbons (Fsp3) is 0.0625. The zero-order valence-corrected chi connectivity index (χ0v) is 17.3. The van der Waals surface area contributed by atoms with Gasteiger partial charge < -0.3 is 4.74 Å². The van der Waals surface area contributed by atoms with Gasteiger partial charge in [0.2, 0.25) is 0 Å². The Balaban J connectivity index is 1.96. The van der Waals surface area contributed by atoms with Crippen LogP contribution in [0, 0.1) is 10.1 Å². The van der Waals surface area contributed by atoms with Crippen LogP contribution in [0.5, 0.6) is 5.75 Å². The van der Waals surface area contributed by atoms with Crippen molar-refractivity contribution in [3.63, 3.8) is 0 Å². The first-order chi connectivity index (χ1) is 13.2. The van der Waals surface area contributed by atoms with E-state index in [1.807, 2.05) is 0 Å². The third-order valence-corrected chi connectivity index (χ3v) is 4.48. The highest BCUT2D eigenvalue weighted by Gasteiger charge is 2.17. The first-order valence-corrected chi connectivity index (χ1v) is 9.00. The molecule has 0 fully saturated rings. The van der Waals surface area contributed by atoms with Crippen molar-refractivity contribution in [2.45, 2.75) is 0 Å². The number of carbonyl (C=O) groups excluding carboxylic acids is 2. The number of halogens is 2. The molecule has 3 N–H and O–H groups in total. The Morgan fingerprint density at radius 1 is 1.14 bits per heavy atom. The fourth-order valence-electron chi connectivity index (χ4n) is 1.99. The number of hydrazine groups is 1. The lowest BCUT2D eigenvalue weighted by molar-refractivity contribution is -0.384. The topological polar surface area (TPSA) is 123 Å². The first kappa shape index (κ1) is 21.5. The average Bonchev–Trinajstić information content (AvgIpc) is 2.66. The lowest BCUT2D eigenvalue weighted by atomic mass is 10.2. The highest BCUT2D eigenvalue weighted by Crippen LogP contribution is 2.26. The molecule has 0 atom stereocenters. The Kier molecular flexibility index (Phi) is 7.26. The minimum absolute atomic E-state index is 0.0225. The number of ether oxygens (including phenoxy) is 1. The van der Waals surface area contributed by atoms with Crippen molar-refractivity contribution < 1.29 is 19.2 Å². The van der Waals surface area contributed by atoms with Crippen molar-refractivity contribution in [2.75, 3.05) is 7.11 Å². The Hall–Kier alpha value is -2.76. The summed E-state index contributed by atoms with van der Waals surface area (Å²) in [4.78, 5) is 34.4. The molecule has 0 aliphatic carbocycles. The number of nitro benzene ring substituents is 1. The largest absolute Gasteiger partial charge is 0.496 e. The summed E-state index contributed by atoms with van der Waals surface area (Å²) in [7, 11) is 1.50. The van der Waals surface area contributed by atoms with Gasteiger partial charge in [0, 0.05) is 17.2 Å². The molecular formula is C16H12BrClN4O5S. The van der Waals surface area contributed by atoms with E-state index in [0.29, 0.717) is 15.8 Å². The summed E-state index contributed by atoms with van der Waals surface area (Å²) in [6, 6.07) is 8.24. The van der Waals surface area contributed by atoms with Gasteiger partial charge in [-0.1, -0.05) is 11.6 Å². The van der Waals surface area contributed by atoms with Crippen LogP contribution < -0.4 is 20.9 Å². The maximum atomic E-state index is 12.1. The first-order valence-electron chi connectivity index (χ1n) is 7.42. The van der Waals surface area contributed by atoms with Gasteiger partial charge in [-0.05, 0) is 58.5 Å². The van der Waals surface area contributed by atoms with E-state index in [1.54, 1.807) is 12.1 Å². The van der Waals surface area contributed by atoms with E-state index >= 15 is 0 Å². The van der Waals surface area contributed by atoms with Gasteiger partial charge in [-0.25, -0.2) is 0 Å². The lowest BCUT2D eigenvalue weighted by Gasteiger charge is -2.11. The third kappa shape index (κ3) is 5.38. The standard InChI is InChI=1S/C16H12BrClN4O5S/c1-27-13-5-3-8(6-10(13)17)15(24)20-21-16(28)19-14(23)9-2-4-11(18)12(7-9)22(25)26/h2-7H,1H3,(H,20,24)(H2,19,21,23,28). The van der Waals surface area contributed by atoms with Crippen LogP contribution in [0.15, 0.2) is 40.9 Å². The van der Waals surface area contributed by atoms with Crippen molar-refractivity contribution in [3.8, 4) is 5.75 Å². The van der Waals surface area contributed by atoms with E-state index in [-0.39, 0.29) is 15.7 Å². The Morgan fingerprint density at radius 2 is 1.79 bits per heavy atom. The third-order valence-electron chi connectivity index (χ3n) is 3.34. The summed E-state index contributed by atoms with van der Waals surface area (Å²) >= 11 is 13.9. The van der Waals surface area contributed by atoms with Crippen molar-refractivity contribution in [2.24, 2.45) is 0 Å². The lowest BCUT2D eigenvalue weighted by Crippen LogP contribution is -2.48. The quantitative estimate of drug-likeness (QED) is 0.344. The van der Waals surface area contributed by atoms with Crippen LogP contribution >= 0.6 is 39.7 Å². The second-order valence-electron chi connectivity index (χ2n) is 5.13. The van der Waals surface area contributed by atoms with Crippen LogP contribution in [-0.4, -0.2) is 29.0 Å². The number of amides is 2. The molecule has 0 aliphatic heterocycles. The Labute approximate surface area is 177 Å². The van der Waals surface area contributed by atoms with Crippen molar-refractivity contribution in [1.29, 1.82) is 0 Å². The number of nitro groups is 1. The predicted octanol–water partition coefficient (Wildman–Crippen LogP) is 2.97. The summed E-state index contributed by atoms with van der Waals surface area (Å²) in [5, 5.41) is 12.9. The molecule has 0 bridgehead atoms. The van der Waals surface area contributed by atoms with E-state index < -0.39 is 22.4 Å². The monoisotopic (exact) mass is 486 g/mol. The summed E-state index contributed by atoms with van der Waals surface area (Å²) in [5.41, 5.74) is 4.57. The maximum absolute atomic E-state index is 12.1. The number of carbonyl (C=O) groups is 2. The molecule has 0 radical (unpaired) electrons. The van der Waals surface area contributed by atoms with Crippen LogP contribution in [-0.2, 0) is 0 Å². The second kappa shape index (κ2) is 9.44. The van der Waals surface area contributed by atoms with E-state index in [2.05, 4.69) is 32.1 Å². The SMILES string of the molecule is COc1ccc(C(=O)NNC(=S)NC(=O)c2ccc(Cl)c([N+](=O)[O-])c2)cc1Br. The predicted molar refractivity (Wildman–Crippen MR) is 109 cm³/mol. The van der Waals surface area contributed by atoms with Gasteiger partial charge in [0.15, 0.2) is 5.11 Å². The van der Waals surface area contributed by atoms with Crippen molar-refractivity contribution in [1.82, 2.24) is 16.2 Å². The molecule has 9 nitrogen and oxygen atoms in total. The molecule has 2 rings (SSSR count). The number of hydrogen-bond donors (Lipinski definition) is 3. The van der Waals surface area contributed by atoms with Gasteiger partial charge in [0.1, 0.15) is 10.8 Å². The van der Waals surface area contributed by atoms with E-state index in [4.69, 9.17) is 28.6 Å². The van der Waals surface area contributed by atoms with Crippen LogP contribution in [0.4, 0.5) is 5.69 Å². The number of benzene rings is 2. The van der Waals surface area contributed by atoms with Crippen LogP contribution in [0.25, 0.3) is 0 Å². The average molecular weight is 488 g/mol. The summed E-state index contributed by atoms with van der Waals surface area (Å²) in [6.45, 7) is 0. The normalized spacial score (nSPS) is 9.96. The van der Waals surface area contributed by atoms with Gasteiger partial charge in [-0.3, -0.25) is 35.9 Å². The molecule has 0 unspecified atom stereocenters. The molecule has 0 saturated carbocycles. The van der Waals surface area contributed by atoms with Crippen LogP contribution in [0.1, 0.15) is 20.7 Å². The minimum atomic E-state index is -0.710. The summed E-state index contributed by atoms with van der Waals surface area (Å²) in [6.07, 6.45) is 0. The molecular weight excluding hydrogens is 476 g/mol. The Bertz CT molecular complexity index is 972.